The highest BCUT2D eigenvalue weighted by atomic mass is 16.6. The van der Waals surface area contributed by atoms with Gasteiger partial charge in [-0.2, -0.15) is 5.10 Å². The van der Waals surface area contributed by atoms with Crippen LogP contribution in [-0.2, 0) is 0 Å². The van der Waals surface area contributed by atoms with Gasteiger partial charge in [-0.1, -0.05) is 12.1 Å². The molecule has 0 aliphatic carbocycles. The summed E-state index contributed by atoms with van der Waals surface area (Å²) in [6.07, 6.45) is 0. The minimum atomic E-state index is -0.410. The van der Waals surface area contributed by atoms with Gasteiger partial charge in [0.1, 0.15) is 0 Å². The van der Waals surface area contributed by atoms with Crippen LogP contribution in [0.4, 0.5) is 5.69 Å². The molecule has 1 N–H and O–H groups in total. The molecule has 0 aliphatic rings. The molecule has 0 spiro atoms. The second-order valence-electron chi connectivity index (χ2n) is 3.23. The number of nitrogens with one attached hydrogen (secondary N) is 1. The van der Waals surface area contributed by atoms with E-state index in [2.05, 4.69) is 10.2 Å². The van der Waals surface area contributed by atoms with Crippen molar-refractivity contribution in [2.45, 2.75) is 6.92 Å². The van der Waals surface area contributed by atoms with Crippen molar-refractivity contribution in [1.82, 2.24) is 10.2 Å². The first-order chi connectivity index (χ1) is 7.16. The van der Waals surface area contributed by atoms with Gasteiger partial charge in [0.2, 0.25) is 0 Å². The average molecular weight is 203 g/mol. The zero-order valence-electron chi connectivity index (χ0n) is 8.10. The normalized spacial score (nSPS) is 10.2. The number of aromatic nitrogens is 2. The lowest BCUT2D eigenvalue weighted by Crippen LogP contribution is -1.88. The Labute approximate surface area is 85.9 Å². The van der Waals surface area contributed by atoms with Crippen molar-refractivity contribution in [3.8, 4) is 11.3 Å². The molecule has 1 aromatic heterocycles. The Morgan fingerprint density at radius 2 is 2.20 bits per heavy atom. The van der Waals surface area contributed by atoms with Gasteiger partial charge in [0, 0.05) is 17.7 Å². The van der Waals surface area contributed by atoms with Gasteiger partial charge in [0.05, 0.1) is 16.3 Å². The number of aryl methyl sites for hydroxylation is 1. The van der Waals surface area contributed by atoms with Gasteiger partial charge in [-0.05, 0) is 13.0 Å². The Bertz CT molecular complexity index is 505. The van der Waals surface area contributed by atoms with Gasteiger partial charge < -0.3 is 0 Å². The molecule has 0 bridgehead atoms. The van der Waals surface area contributed by atoms with Crippen molar-refractivity contribution in [2.24, 2.45) is 0 Å². The molecule has 2 rings (SSSR count). The van der Waals surface area contributed by atoms with Crippen molar-refractivity contribution in [3.63, 3.8) is 0 Å². The van der Waals surface area contributed by atoms with Crippen molar-refractivity contribution >= 4 is 5.69 Å². The molecule has 1 aromatic carbocycles. The van der Waals surface area contributed by atoms with Crippen molar-refractivity contribution in [2.75, 3.05) is 0 Å². The predicted molar refractivity (Wildman–Crippen MR) is 55.4 cm³/mol. The molecular weight excluding hydrogens is 194 g/mol. The van der Waals surface area contributed by atoms with Crippen LogP contribution in [0.1, 0.15) is 5.69 Å². The number of benzene rings is 1. The highest BCUT2D eigenvalue weighted by molar-refractivity contribution is 5.62. The average Bonchev–Trinajstić information content (AvgIpc) is 2.65. The summed E-state index contributed by atoms with van der Waals surface area (Å²) >= 11 is 0. The summed E-state index contributed by atoms with van der Waals surface area (Å²) in [6.45, 7) is 1.86. The van der Waals surface area contributed by atoms with Gasteiger partial charge in [-0.15, -0.1) is 0 Å². The standard InChI is InChI=1S/C10H9N3O2/c1-7-5-10(12-11-7)8-3-2-4-9(6-8)13(14)15/h2-6H,1H3,(H,11,12). The van der Waals surface area contributed by atoms with Crippen LogP contribution in [0, 0.1) is 17.0 Å². The summed E-state index contributed by atoms with van der Waals surface area (Å²) < 4.78 is 0. The molecule has 0 atom stereocenters. The second-order valence-corrected chi connectivity index (χ2v) is 3.23. The lowest BCUT2D eigenvalue weighted by atomic mass is 10.1. The smallest absolute Gasteiger partial charge is 0.270 e. The number of rotatable bonds is 2. The molecule has 0 saturated carbocycles. The Morgan fingerprint density at radius 3 is 2.80 bits per heavy atom. The fourth-order valence-corrected chi connectivity index (χ4v) is 1.36. The molecule has 0 saturated heterocycles. The Morgan fingerprint density at radius 1 is 1.40 bits per heavy atom. The molecule has 0 amide bonds. The highest BCUT2D eigenvalue weighted by Crippen LogP contribution is 2.22. The van der Waals surface area contributed by atoms with E-state index in [1.165, 1.54) is 12.1 Å². The van der Waals surface area contributed by atoms with Crippen LogP contribution >= 0.6 is 0 Å². The topological polar surface area (TPSA) is 71.8 Å². The van der Waals surface area contributed by atoms with E-state index < -0.39 is 4.92 Å². The van der Waals surface area contributed by atoms with Gasteiger partial charge in [0.25, 0.3) is 5.69 Å². The molecule has 2 aromatic rings. The van der Waals surface area contributed by atoms with Gasteiger partial charge >= 0.3 is 0 Å². The summed E-state index contributed by atoms with van der Waals surface area (Å²) in [5.41, 5.74) is 2.50. The van der Waals surface area contributed by atoms with Crippen molar-refractivity contribution < 1.29 is 4.92 Å². The molecule has 15 heavy (non-hydrogen) atoms. The molecule has 0 aliphatic heterocycles. The van der Waals surface area contributed by atoms with E-state index in [1.807, 2.05) is 13.0 Å². The number of nitro groups is 1. The fourth-order valence-electron chi connectivity index (χ4n) is 1.36. The van der Waals surface area contributed by atoms with E-state index in [4.69, 9.17) is 0 Å². The van der Waals surface area contributed by atoms with E-state index in [-0.39, 0.29) is 5.69 Å². The number of nitro benzene ring substituents is 1. The lowest BCUT2D eigenvalue weighted by molar-refractivity contribution is -0.384. The number of nitrogens with zero attached hydrogens (tertiary/aromatic N) is 2. The zero-order valence-corrected chi connectivity index (χ0v) is 8.10. The molecule has 76 valence electrons. The zero-order chi connectivity index (χ0) is 10.8. The third-order valence-electron chi connectivity index (χ3n) is 2.07. The summed E-state index contributed by atoms with van der Waals surface area (Å²) in [4.78, 5) is 10.2. The van der Waals surface area contributed by atoms with Crippen LogP contribution in [0.15, 0.2) is 30.3 Å². The van der Waals surface area contributed by atoms with Crippen LogP contribution in [0.5, 0.6) is 0 Å². The van der Waals surface area contributed by atoms with Crippen LogP contribution in [-0.4, -0.2) is 15.1 Å². The highest BCUT2D eigenvalue weighted by Gasteiger charge is 2.07. The predicted octanol–water partition coefficient (Wildman–Crippen LogP) is 2.29. The van der Waals surface area contributed by atoms with E-state index in [1.54, 1.807) is 12.1 Å². The van der Waals surface area contributed by atoms with Crippen LogP contribution in [0.25, 0.3) is 11.3 Å². The maximum atomic E-state index is 10.6. The molecule has 5 nitrogen and oxygen atoms in total. The second kappa shape index (κ2) is 3.53. The molecular formula is C10H9N3O2. The largest absolute Gasteiger partial charge is 0.278 e. The molecule has 1 heterocycles. The minimum absolute atomic E-state index is 0.0831. The summed E-state index contributed by atoms with van der Waals surface area (Å²) in [5, 5.41) is 17.4. The van der Waals surface area contributed by atoms with Crippen LogP contribution in [0.3, 0.4) is 0 Å². The van der Waals surface area contributed by atoms with Gasteiger partial charge in [-0.3, -0.25) is 15.2 Å². The Kier molecular flexibility index (Phi) is 2.21. The maximum absolute atomic E-state index is 10.6. The van der Waals surface area contributed by atoms with Gasteiger partial charge in [0.15, 0.2) is 0 Å². The number of hydrogen-bond donors (Lipinski definition) is 1. The summed E-state index contributed by atoms with van der Waals surface area (Å²) in [6, 6.07) is 8.29. The lowest BCUT2D eigenvalue weighted by Gasteiger charge is -1.96. The Balaban J connectivity index is 2.45. The summed E-state index contributed by atoms with van der Waals surface area (Å²) in [7, 11) is 0. The van der Waals surface area contributed by atoms with E-state index in [9.17, 15) is 10.1 Å². The third kappa shape index (κ3) is 1.85. The first-order valence-electron chi connectivity index (χ1n) is 4.43. The van der Waals surface area contributed by atoms with E-state index >= 15 is 0 Å². The molecule has 0 unspecified atom stereocenters. The van der Waals surface area contributed by atoms with Crippen LogP contribution in [0.2, 0.25) is 0 Å². The molecule has 5 heteroatoms. The first-order valence-corrected chi connectivity index (χ1v) is 4.43. The number of hydrogen-bond acceptors (Lipinski definition) is 3. The molecule has 0 radical (unpaired) electrons. The van der Waals surface area contributed by atoms with E-state index in [0.717, 1.165) is 17.0 Å². The minimum Gasteiger partial charge on any atom is -0.278 e. The quantitative estimate of drug-likeness (QED) is 0.601. The number of aromatic amines is 1. The maximum Gasteiger partial charge on any atom is 0.270 e. The number of non-ortho nitro benzene ring substituents is 1. The first kappa shape index (κ1) is 9.39. The van der Waals surface area contributed by atoms with Crippen LogP contribution < -0.4 is 0 Å². The third-order valence-corrected chi connectivity index (χ3v) is 2.07. The number of H-pyrrole nitrogens is 1. The summed E-state index contributed by atoms with van der Waals surface area (Å²) in [5.74, 6) is 0. The molecule has 0 fully saturated rings. The Hall–Kier alpha value is -2.17. The fraction of sp³-hybridized carbons (Fsp3) is 0.100. The van der Waals surface area contributed by atoms with Crippen molar-refractivity contribution in [1.29, 1.82) is 0 Å². The monoisotopic (exact) mass is 203 g/mol. The van der Waals surface area contributed by atoms with E-state index in [0.29, 0.717) is 0 Å². The van der Waals surface area contributed by atoms with Gasteiger partial charge in [-0.25, -0.2) is 0 Å². The SMILES string of the molecule is Cc1cc(-c2cccc([N+](=O)[O-])c2)[nH]n1. The van der Waals surface area contributed by atoms with Crippen molar-refractivity contribution in [3.05, 3.63) is 46.1 Å².